The Morgan fingerprint density at radius 1 is 1.35 bits per heavy atom. The van der Waals surface area contributed by atoms with Crippen molar-refractivity contribution < 1.29 is 14.3 Å². The molecule has 0 spiro atoms. The van der Waals surface area contributed by atoms with Crippen molar-refractivity contribution in [1.29, 1.82) is 5.26 Å². The molecular formula is C20H27N3O3. The largest absolute Gasteiger partial charge is 0.462 e. The molecule has 1 aliphatic carbocycles. The number of esters is 1. The minimum absolute atomic E-state index is 0.0301. The number of aromatic nitrogens is 1. The van der Waals surface area contributed by atoms with Gasteiger partial charge < -0.3 is 15.0 Å². The van der Waals surface area contributed by atoms with Crippen LogP contribution in [0.5, 0.6) is 0 Å². The van der Waals surface area contributed by atoms with Crippen molar-refractivity contribution in [1.82, 2.24) is 10.3 Å². The third kappa shape index (κ3) is 4.34. The Hall–Kier alpha value is -2.55. The molecule has 2 atom stereocenters. The third-order valence-corrected chi connectivity index (χ3v) is 5.04. The highest BCUT2D eigenvalue weighted by molar-refractivity contribution is 6.02. The number of nitriles is 1. The minimum atomic E-state index is -0.405. The minimum Gasteiger partial charge on any atom is -0.462 e. The van der Waals surface area contributed by atoms with Crippen LogP contribution in [0.15, 0.2) is 5.57 Å². The van der Waals surface area contributed by atoms with Crippen molar-refractivity contribution >= 4 is 18.0 Å². The number of hydrogen-bond acceptors (Lipinski definition) is 4. The zero-order valence-corrected chi connectivity index (χ0v) is 15.9. The first-order chi connectivity index (χ1) is 12.4. The number of nitrogens with one attached hydrogen (secondary N) is 2. The van der Waals surface area contributed by atoms with Crippen LogP contribution in [0.3, 0.4) is 0 Å². The van der Waals surface area contributed by atoms with E-state index in [0.29, 0.717) is 35.0 Å². The average molecular weight is 357 g/mol. The van der Waals surface area contributed by atoms with Gasteiger partial charge in [-0.1, -0.05) is 19.8 Å². The van der Waals surface area contributed by atoms with E-state index in [9.17, 15) is 14.9 Å². The molecule has 6 heteroatoms. The molecule has 1 saturated carbocycles. The molecule has 0 aromatic carbocycles. The average Bonchev–Trinajstić information content (AvgIpc) is 2.88. The molecule has 0 saturated heterocycles. The van der Waals surface area contributed by atoms with Gasteiger partial charge in [0.15, 0.2) is 0 Å². The predicted molar refractivity (Wildman–Crippen MR) is 99.4 cm³/mol. The van der Waals surface area contributed by atoms with Gasteiger partial charge in [0.25, 0.3) is 5.91 Å². The van der Waals surface area contributed by atoms with Gasteiger partial charge in [-0.25, -0.2) is 4.79 Å². The smallest absolute Gasteiger partial charge is 0.340 e. The fourth-order valence-electron chi connectivity index (χ4n) is 3.50. The number of H-pyrrole nitrogens is 1. The second-order valence-electron chi connectivity index (χ2n) is 6.90. The van der Waals surface area contributed by atoms with Crippen molar-refractivity contribution in [2.45, 2.75) is 59.4 Å². The van der Waals surface area contributed by atoms with Crippen molar-refractivity contribution in [3.63, 3.8) is 0 Å². The van der Waals surface area contributed by atoms with Crippen molar-refractivity contribution in [3.05, 3.63) is 28.1 Å². The highest BCUT2D eigenvalue weighted by Gasteiger charge is 2.25. The first kappa shape index (κ1) is 19.8. The van der Waals surface area contributed by atoms with E-state index in [1.165, 1.54) is 12.5 Å². The summed E-state index contributed by atoms with van der Waals surface area (Å²) < 4.78 is 5.07. The number of rotatable bonds is 5. The Morgan fingerprint density at radius 2 is 2.04 bits per heavy atom. The molecule has 1 amide bonds. The first-order valence-electron chi connectivity index (χ1n) is 9.17. The first-order valence-corrected chi connectivity index (χ1v) is 9.17. The van der Waals surface area contributed by atoms with E-state index in [2.05, 4.69) is 17.2 Å². The van der Waals surface area contributed by atoms with Gasteiger partial charge in [0.1, 0.15) is 11.6 Å². The van der Waals surface area contributed by atoms with Crippen LogP contribution in [0, 0.1) is 31.1 Å². The molecule has 0 bridgehead atoms. The van der Waals surface area contributed by atoms with Crippen LogP contribution in [-0.4, -0.2) is 29.5 Å². The maximum absolute atomic E-state index is 12.5. The predicted octanol–water partition coefficient (Wildman–Crippen LogP) is 3.41. The fraction of sp³-hybridized carbons (Fsp3) is 0.550. The van der Waals surface area contributed by atoms with Crippen LogP contribution in [0.2, 0.25) is 0 Å². The molecule has 1 fully saturated rings. The highest BCUT2D eigenvalue weighted by Crippen LogP contribution is 2.25. The quantitative estimate of drug-likeness (QED) is 0.479. The summed E-state index contributed by atoms with van der Waals surface area (Å²) in [6, 6.07) is 2.08. The van der Waals surface area contributed by atoms with E-state index in [1.807, 2.05) is 6.07 Å². The van der Waals surface area contributed by atoms with E-state index in [4.69, 9.17) is 4.74 Å². The molecule has 0 radical (unpaired) electrons. The van der Waals surface area contributed by atoms with Crippen LogP contribution < -0.4 is 5.32 Å². The summed E-state index contributed by atoms with van der Waals surface area (Å²) in [6.07, 6.45) is 5.83. The van der Waals surface area contributed by atoms with Gasteiger partial charge in [0.05, 0.1) is 12.2 Å². The maximum atomic E-state index is 12.5. The summed E-state index contributed by atoms with van der Waals surface area (Å²) in [4.78, 5) is 27.7. The lowest BCUT2D eigenvalue weighted by molar-refractivity contribution is -0.118. The molecule has 6 nitrogen and oxygen atoms in total. The SMILES string of the molecule is CCOC(=O)c1c(C)[nH]c(/C=C(\C#N)C(=O)N[C@@H]2CCCC[C@@H]2C)c1C. The topological polar surface area (TPSA) is 95.0 Å². The summed E-state index contributed by atoms with van der Waals surface area (Å²) >= 11 is 0. The summed E-state index contributed by atoms with van der Waals surface area (Å²) in [5.41, 5.74) is 2.39. The zero-order chi connectivity index (χ0) is 19.3. The molecule has 1 aromatic rings. The van der Waals surface area contributed by atoms with Crippen LogP contribution in [0.25, 0.3) is 6.08 Å². The molecule has 26 heavy (non-hydrogen) atoms. The van der Waals surface area contributed by atoms with E-state index < -0.39 is 5.97 Å². The molecule has 140 valence electrons. The van der Waals surface area contributed by atoms with Gasteiger partial charge in [0.2, 0.25) is 0 Å². The summed E-state index contributed by atoms with van der Waals surface area (Å²) in [7, 11) is 0. The maximum Gasteiger partial charge on any atom is 0.340 e. The molecule has 0 unspecified atom stereocenters. The molecule has 2 rings (SSSR count). The lowest BCUT2D eigenvalue weighted by Crippen LogP contribution is -2.41. The fourth-order valence-corrected chi connectivity index (χ4v) is 3.50. The van der Waals surface area contributed by atoms with Crippen LogP contribution in [0.4, 0.5) is 0 Å². The number of aryl methyl sites for hydroxylation is 1. The number of carbonyl (C=O) groups excluding carboxylic acids is 2. The standard InChI is InChI=1S/C20H27N3O3/c1-5-26-20(25)18-13(3)17(22-14(18)4)10-15(11-21)19(24)23-16-9-7-6-8-12(16)2/h10,12,16,22H,5-9H2,1-4H3,(H,23,24)/b15-10+/t12-,16+/m0/s1. The number of amides is 1. The van der Waals surface area contributed by atoms with Gasteiger partial charge in [-0.05, 0) is 51.2 Å². The molecular weight excluding hydrogens is 330 g/mol. The third-order valence-electron chi connectivity index (χ3n) is 5.04. The van der Waals surface area contributed by atoms with Crippen molar-refractivity contribution in [3.8, 4) is 6.07 Å². The summed E-state index contributed by atoms with van der Waals surface area (Å²) in [6.45, 7) is 7.72. The number of hydrogen-bond donors (Lipinski definition) is 2. The molecule has 1 aliphatic rings. The molecule has 0 aliphatic heterocycles. The van der Waals surface area contributed by atoms with Gasteiger partial charge in [-0.3, -0.25) is 4.79 Å². The number of aromatic amines is 1. The lowest BCUT2D eigenvalue weighted by Gasteiger charge is -2.29. The van der Waals surface area contributed by atoms with Crippen LogP contribution >= 0.6 is 0 Å². The Balaban J connectivity index is 2.23. The molecule has 2 N–H and O–H groups in total. The highest BCUT2D eigenvalue weighted by atomic mass is 16.5. The van der Waals surface area contributed by atoms with E-state index in [0.717, 1.165) is 19.3 Å². The van der Waals surface area contributed by atoms with Gasteiger partial charge in [-0.15, -0.1) is 0 Å². The number of ether oxygens (including phenoxy) is 1. The van der Waals surface area contributed by atoms with Crippen molar-refractivity contribution in [2.24, 2.45) is 5.92 Å². The molecule has 1 heterocycles. The Kier molecular flexibility index (Phi) is 6.62. The number of nitrogens with zero attached hydrogens (tertiary/aromatic N) is 1. The Morgan fingerprint density at radius 3 is 2.65 bits per heavy atom. The van der Waals surface area contributed by atoms with E-state index in [-0.39, 0.29) is 17.5 Å². The van der Waals surface area contributed by atoms with Crippen LogP contribution in [0.1, 0.15) is 66.8 Å². The summed E-state index contributed by atoms with van der Waals surface area (Å²) in [5.74, 6) is -0.356. The van der Waals surface area contributed by atoms with Crippen LogP contribution in [-0.2, 0) is 9.53 Å². The van der Waals surface area contributed by atoms with Crippen molar-refractivity contribution in [2.75, 3.05) is 6.61 Å². The van der Waals surface area contributed by atoms with E-state index in [1.54, 1.807) is 20.8 Å². The zero-order valence-electron chi connectivity index (χ0n) is 15.9. The van der Waals surface area contributed by atoms with E-state index >= 15 is 0 Å². The van der Waals surface area contributed by atoms with Gasteiger partial charge in [-0.2, -0.15) is 5.26 Å². The Bertz CT molecular complexity index is 755. The monoisotopic (exact) mass is 357 g/mol. The second kappa shape index (κ2) is 8.70. The van der Waals surface area contributed by atoms with Gasteiger partial charge in [0, 0.05) is 17.4 Å². The number of carbonyl (C=O) groups is 2. The second-order valence-corrected chi connectivity index (χ2v) is 6.90. The normalized spacial score (nSPS) is 20.3. The van der Waals surface area contributed by atoms with Gasteiger partial charge >= 0.3 is 5.97 Å². The Labute approximate surface area is 154 Å². The molecule has 1 aromatic heterocycles. The lowest BCUT2D eigenvalue weighted by atomic mass is 9.86. The summed E-state index contributed by atoms with van der Waals surface area (Å²) in [5, 5.41) is 12.4.